The monoisotopic (exact) mass is 304 g/mol. The van der Waals surface area contributed by atoms with Gasteiger partial charge in [-0.25, -0.2) is 0 Å². The van der Waals surface area contributed by atoms with E-state index < -0.39 is 0 Å². The minimum Gasteiger partial charge on any atom is -0.310 e. The Hall–Kier alpha value is -0.380. The molecular formula is C18H28N2S. The Labute approximate surface area is 132 Å². The maximum atomic E-state index is 4.01. The standard InChI is InChI=1S/C18H28N2S/c1-2-4-18-15(3-1)5-6-16(19-18)12-20(17-7-8-17)11-14-9-10-21-13-14/h9-10,13,15-19H,1-8,11-12H2. The molecule has 1 aromatic heterocycles. The Bertz CT molecular complexity index is 440. The van der Waals surface area contributed by atoms with Crippen LogP contribution in [0.2, 0.25) is 0 Å². The van der Waals surface area contributed by atoms with E-state index in [2.05, 4.69) is 27.0 Å². The lowest BCUT2D eigenvalue weighted by atomic mass is 9.77. The minimum absolute atomic E-state index is 0.739. The fourth-order valence-electron chi connectivity index (χ4n) is 4.40. The average Bonchev–Trinajstić information content (AvgIpc) is 3.24. The lowest BCUT2D eigenvalue weighted by Crippen LogP contribution is -2.53. The molecule has 2 heterocycles. The fraction of sp³-hybridized carbons (Fsp3) is 0.778. The van der Waals surface area contributed by atoms with Crippen molar-refractivity contribution in [2.75, 3.05) is 6.54 Å². The largest absolute Gasteiger partial charge is 0.310 e. The number of nitrogens with zero attached hydrogens (tertiary/aromatic N) is 1. The summed E-state index contributed by atoms with van der Waals surface area (Å²) in [6, 6.07) is 4.74. The third kappa shape index (κ3) is 3.52. The molecule has 3 heteroatoms. The van der Waals surface area contributed by atoms with Crippen LogP contribution in [0.25, 0.3) is 0 Å². The summed E-state index contributed by atoms with van der Waals surface area (Å²) in [4.78, 5) is 2.75. The van der Waals surface area contributed by atoms with Gasteiger partial charge in [-0.3, -0.25) is 4.90 Å². The van der Waals surface area contributed by atoms with E-state index >= 15 is 0 Å². The second kappa shape index (κ2) is 6.39. The second-order valence-corrected chi connectivity index (χ2v) is 8.16. The van der Waals surface area contributed by atoms with Crippen LogP contribution in [0.4, 0.5) is 0 Å². The first-order valence-corrected chi connectivity index (χ1v) is 9.84. The molecule has 21 heavy (non-hydrogen) atoms. The first-order valence-electron chi connectivity index (χ1n) is 8.89. The molecule has 2 aliphatic carbocycles. The van der Waals surface area contributed by atoms with Crippen molar-refractivity contribution in [3.8, 4) is 0 Å². The molecule has 3 atom stereocenters. The number of fused-ring (bicyclic) bond motifs is 1. The molecule has 0 aromatic carbocycles. The number of nitrogens with one attached hydrogen (secondary N) is 1. The average molecular weight is 305 g/mol. The quantitative estimate of drug-likeness (QED) is 0.884. The first kappa shape index (κ1) is 14.2. The third-order valence-corrected chi connectivity index (χ3v) is 6.46. The highest BCUT2D eigenvalue weighted by Crippen LogP contribution is 2.34. The van der Waals surface area contributed by atoms with Crippen LogP contribution in [0, 0.1) is 5.92 Å². The van der Waals surface area contributed by atoms with Crippen LogP contribution >= 0.6 is 11.3 Å². The highest BCUT2D eigenvalue weighted by atomic mass is 32.1. The SMILES string of the molecule is c1cc(CN(CC2CCC3CCCCC3N2)C2CC2)cs1. The van der Waals surface area contributed by atoms with Crippen molar-refractivity contribution in [2.45, 2.75) is 76.0 Å². The van der Waals surface area contributed by atoms with Crippen molar-refractivity contribution >= 4 is 11.3 Å². The molecule has 1 aliphatic heterocycles. The summed E-state index contributed by atoms with van der Waals surface area (Å²) in [5, 5.41) is 8.54. The smallest absolute Gasteiger partial charge is 0.0245 e. The van der Waals surface area contributed by atoms with Crippen LogP contribution in [0.1, 0.15) is 56.9 Å². The summed E-state index contributed by atoms with van der Waals surface area (Å²) < 4.78 is 0. The Morgan fingerprint density at radius 1 is 1.10 bits per heavy atom. The molecule has 3 unspecified atom stereocenters. The van der Waals surface area contributed by atoms with Gasteiger partial charge in [0, 0.05) is 31.2 Å². The molecule has 2 saturated carbocycles. The number of rotatable bonds is 5. The van der Waals surface area contributed by atoms with Gasteiger partial charge in [-0.2, -0.15) is 11.3 Å². The van der Waals surface area contributed by atoms with Gasteiger partial charge in [-0.15, -0.1) is 0 Å². The van der Waals surface area contributed by atoms with E-state index in [4.69, 9.17) is 0 Å². The van der Waals surface area contributed by atoms with Crippen LogP contribution in [0.15, 0.2) is 16.8 Å². The Morgan fingerprint density at radius 2 is 2.00 bits per heavy atom. The lowest BCUT2D eigenvalue weighted by Gasteiger charge is -2.42. The van der Waals surface area contributed by atoms with Gasteiger partial charge < -0.3 is 5.32 Å². The minimum atomic E-state index is 0.739. The van der Waals surface area contributed by atoms with Crippen LogP contribution in [0.5, 0.6) is 0 Å². The van der Waals surface area contributed by atoms with Gasteiger partial charge in [0.1, 0.15) is 0 Å². The van der Waals surface area contributed by atoms with Gasteiger partial charge in [0.15, 0.2) is 0 Å². The van der Waals surface area contributed by atoms with Gasteiger partial charge in [0.2, 0.25) is 0 Å². The summed E-state index contributed by atoms with van der Waals surface area (Å²) >= 11 is 1.83. The summed E-state index contributed by atoms with van der Waals surface area (Å²) in [5.41, 5.74) is 1.51. The van der Waals surface area contributed by atoms with Crippen molar-refractivity contribution in [2.24, 2.45) is 5.92 Å². The molecule has 0 spiro atoms. The van der Waals surface area contributed by atoms with E-state index in [1.165, 1.54) is 70.0 Å². The van der Waals surface area contributed by atoms with E-state index in [1.54, 1.807) is 0 Å². The Kier molecular flexibility index (Phi) is 4.33. The van der Waals surface area contributed by atoms with E-state index in [0.29, 0.717) is 0 Å². The highest BCUT2D eigenvalue weighted by molar-refractivity contribution is 7.07. The molecule has 3 aliphatic rings. The van der Waals surface area contributed by atoms with Crippen LogP contribution in [0.3, 0.4) is 0 Å². The summed E-state index contributed by atoms with van der Waals surface area (Å²) in [6.07, 6.45) is 11.5. The van der Waals surface area contributed by atoms with E-state index in [9.17, 15) is 0 Å². The molecule has 116 valence electrons. The number of hydrogen-bond donors (Lipinski definition) is 1. The molecule has 0 radical (unpaired) electrons. The van der Waals surface area contributed by atoms with Gasteiger partial charge in [-0.1, -0.05) is 12.8 Å². The van der Waals surface area contributed by atoms with E-state index in [0.717, 1.165) is 24.0 Å². The molecule has 1 aromatic rings. The fourth-order valence-corrected chi connectivity index (χ4v) is 5.06. The molecule has 1 saturated heterocycles. The summed E-state index contributed by atoms with van der Waals surface area (Å²) in [6.45, 7) is 2.43. The number of thiophene rings is 1. The van der Waals surface area contributed by atoms with Gasteiger partial charge in [0.05, 0.1) is 0 Å². The van der Waals surface area contributed by atoms with Crippen LogP contribution in [-0.4, -0.2) is 29.6 Å². The normalized spacial score (nSPS) is 33.1. The Morgan fingerprint density at radius 3 is 2.81 bits per heavy atom. The van der Waals surface area contributed by atoms with Crippen molar-refractivity contribution in [3.63, 3.8) is 0 Å². The zero-order valence-corrected chi connectivity index (χ0v) is 13.8. The maximum Gasteiger partial charge on any atom is 0.0245 e. The van der Waals surface area contributed by atoms with E-state index in [1.807, 2.05) is 11.3 Å². The molecule has 1 N–H and O–H groups in total. The lowest BCUT2D eigenvalue weighted by molar-refractivity contribution is 0.137. The predicted molar refractivity (Wildman–Crippen MR) is 89.7 cm³/mol. The van der Waals surface area contributed by atoms with Crippen molar-refractivity contribution in [1.29, 1.82) is 0 Å². The zero-order valence-electron chi connectivity index (χ0n) is 13.0. The molecule has 2 nitrogen and oxygen atoms in total. The zero-order chi connectivity index (χ0) is 14.1. The van der Waals surface area contributed by atoms with Crippen LogP contribution in [-0.2, 0) is 6.54 Å². The first-order chi connectivity index (χ1) is 10.4. The molecule has 4 rings (SSSR count). The third-order valence-electron chi connectivity index (χ3n) is 5.73. The summed E-state index contributed by atoms with van der Waals surface area (Å²) in [5.74, 6) is 0.987. The van der Waals surface area contributed by atoms with E-state index in [-0.39, 0.29) is 0 Å². The van der Waals surface area contributed by atoms with Gasteiger partial charge in [-0.05, 0) is 66.8 Å². The Balaban J connectivity index is 1.35. The van der Waals surface area contributed by atoms with Gasteiger partial charge in [0.25, 0.3) is 0 Å². The van der Waals surface area contributed by atoms with Crippen LogP contribution < -0.4 is 5.32 Å². The number of hydrogen-bond acceptors (Lipinski definition) is 3. The molecule has 0 amide bonds. The van der Waals surface area contributed by atoms with Crippen molar-refractivity contribution in [3.05, 3.63) is 22.4 Å². The molecule has 3 fully saturated rings. The number of piperidine rings is 1. The maximum absolute atomic E-state index is 4.01. The van der Waals surface area contributed by atoms with Crippen molar-refractivity contribution < 1.29 is 0 Å². The van der Waals surface area contributed by atoms with Crippen molar-refractivity contribution in [1.82, 2.24) is 10.2 Å². The topological polar surface area (TPSA) is 15.3 Å². The van der Waals surface area contributed by atoms with Gasteiger partial charge >= 0.3 is 0 Å². The predicted octanol–water partition coefficient (Wildman–Crippen LogP) is 4.02. The summed E-state index contributed by atoms with van der Waals surface area (Å²) in [7, 11) is 0. The highest BCUT2D eigenvalue weighted by Gasteiger charge is 2.35. The molecule has 0 bridgehead atoms. The second-order valence-electron chi connectivity index (χ2n) is 7.38. The molecular weight excluding hydrogens is 276 g/mol.